The van der Waals surface area contributed by atoms with Crippen molar-refractivity contribution >= 4 is 17.9 Å². The van der Waals surface area contributed by atoms with Gasteiger partial charge >= 0.3 is 12.0 Å². The summed E-state index contributed by atoms with van der Waals surface area (Å²) in [7, 11) is 0. The van der Waals surface area contributed by atoms with Crippen molar-refractivity contribution in [3.63, 3.8) is 0 Å². The number of carboxylic acids is 1. The normalized spacial score (nSPS) is 26.1. The van der Waals surface area contributed by atoms with E-state index in [1.807, 2.05) is 16.7 Å². The smallest absolute Gasteiger partial charge is 0.317 e. The fraction of sp³-hybridized carbons (Fsp3) is 0.850. The highest BCUT2D eigenvalue weighted by Crippen LogP contribution is 2.27. The molecule has 158 valence electrons. The standard InChI is InChI=1S/C20H34N4O4/c1-2-22(14-18(25)26)17-12-16(13-17)21-20(28)24-10-8-23(9-11-24)19(27)15-6-4-3-5-7-15/h15-17H,2-14H2,1H3,(H,21,28)(H,25,26). The zero-order valence-corrected chi connectivity index (χ0v) is 16.9. The van der Waals surface area contributed by atoms with E-state index in [1.54, 1.807) is 4.90 Å². The van der Waals surface area contributed by atoms with Crippen LogP contribution in [0, 0.1) is 5.92 Å². The summed E-state index contributed by atoms with van der Waals surface area (Å²) in [5.41, 5.74) is 0. The summed E-state index contributed by atoms with van der Waals surface area (Å²) in [4.78, 5) is 41.7. The zero-order valence-electron chi connectivity index (χ0n) is 16.9. The molecule has 0 radical (unpaired) electrons. The molecule has 3 rings (SSSR count). The van der Waals surface area contributed by atoms with Crippen LogP contribution in [0.4, 0.5) is 4.79 Å². The highest BCUT2D eigenvalue weighted by Gasteiger charge is 2.36. The van der Waals surface area contributed by atoms with Crippen LogP contribution in [0.2, 0.25) is 0 Å². The molecule has 3 aliphatic rings. The Hall–Kier alpha value is -1.83. The first-order valence-electron chi connectivity index (χ1n) is 10.8. The Kier molecular flexibility index (Phi) is 7.15. The Labute approximate surface area is 167 Å². The third kappa shape index (κ3) is 5.16. The number of nitrogens with zero attached hydrogens (tertiary/aromatic N) is 3. The summed E-state index contributed by atoms with van der Waals surface area (Å²) in [5.74, 6) is -0.344. The molecule has 1 heterocycles. The van der Waals surface area contributed by atoms with Crippen molar-refractivity contribution in [1.29, 1.82) is 0 Å². The van der Waals surface area contributed by atoms with Crippen molar-refractivity contribution < 1.29 is 19.5 Å². The van der Waals surface area contributed by atoms with Gasteiger partial charge < -0.3 is 20.2 Å². The van der Waals surface area contributed by atoms with E-state index in [1.165, 1.54) is 6.42 Å². The van der Waals surface area contributed by atoms with Crippen LogP contribution in [0.5, 0.6) is 0 Å². The average Bonchev–Trinajstić information content (AvgIpc) is 2.68. The van der Waals surface area contributed by atoms with Gasteiger partial charge in [-0.1, -0.05) is 26.2 Å². The Bertz CT molecular complexity index is 565. The number of amides is 3. The molecule has 1 saturated heterocycles. The van der Waals surface area contributed by atoms with E-state index in [2.05, 4.69) is 5.32 Å². The lowest BCUT2D eigenvalue weighted by atomic mass is 9.85. The molecule has 0 aromatic carbocycles. The summed E-state index contributed by atoms with van der Waals surface area (Å²) in [6, 6.07) is 0.285. The maximum atomic E-state index is 12.6. The number of hydrogen-bond donors (Lipinski definition) is 2. The van der Waals surface area contributed by atoms with E-state index in [0.29, 0.717) is 32.7 Å². The number of carbonyl (C=O) groups is 3. The summed E-state index contributed by atoms with van der Waals surface area (Å²) in [5, 5.41) is 12.0. The van der Waals surface area contributed by atoms with Crippen LogP contribution < -0.4 is 5.32 Å². The number of aliphatic carboxylic acids is 1. The molecule has 0 aromatic rings. The molecule has 2 N–H and O–H groups in total. The molecule has 2 saturated carbocycles. The molecule has 0 unspecified atom stereocenters. The Balaban J connectivity index is 1.37. The van der Waals surface area contributed by atoms with Gasteiger partial charge in [-0.15, -0.1) is 0 Å². The number of carbonyl (C=O) groups excluding carboxylic acids is 2. The minimum atomic E-state index is -0.810. The van der Waals surface area contributed by atoms with E-state index < -0.39 is 5.97 Å². The van der Waals surface area contributed by atoms with Crippen LogP contribution in [-0.2, 0) is 9.59 Å². The number of urea groups is 1. The van der Waals surface area contributed by atoms with E-state index >= 15 is 0 Å². The summed E-state index contributed by atoms with van der Waals surface area (Å²) < 4.78 is 0. The van der Waals surface area contributed by atoms with Gasteiger partial charge in [-0.05, 0) is 32.2 Å². The van der Waals surface area contributed by atoms with Gasteiger partial charge in [-0.2, -0.15) is 0 Å². The predicted molar refractivity (Wildman–Crippen MR) is 105 cm³/mol. The molecule has 1 aliphatic heterocycles. The van der Waals surface area contributed by atoms with Gasteiger partial charge in [-0.3, -0.25) is 14.5 Å². The van der Waals surface area contributed by atoms with Crippen LogP contribution in [0.25, 0.3) is 0 Å². The molecule has 2 aliphatic carbocycles. The molecule has 3 amide bonds. The lowest BCUT2D eigenvalue weighted by Crippen LogP contribution is -2.59. The van der Waals surface area contributed by atoms with E-state index in [0.717, 1.165) is 38.5 Å². The van der Waals surface area contributed by atoms with Gasteiger partial charge in [-0.25, -0.2) is 4.79 Å². The number of nitrogens with one attached hydrogen (secondary N) is 1. The second kappa shape index (κ2) is 9.58. The van der Waals surface area contributed by atoms with E-state index in [-0.39, 0.29) is 36.5 Å². The van der Waals surface area contributed by atoms with E-state index in [9.17, 15) is 14.4 Å². The van der Waals surface area contributed by atoms with Crippen molar-refractivity contribution in [3.05, 3.63) is 0 Å². The number of rotatable bonds is 6. The molecule has 0 aromatic heterocycles. The monoisotopic (exact) mass is 394 g/mol. The molecular weight excluding hydrogens is 360 g/mol. The van der Waals surface area contributed by atoms with Gasteiger partial charge in [0, 0.05) is 44.2 Å². The Morgan fingerprint density at radius 3 is 2.18 bits per heavy atom. The summed E-state index contributed by atoms with van der Waals surface area (Å²) in [6.45, 7) is 5.13. The quantitative estimate of drug-likeness (QED) is 0.710. The van der Waals surface area contributed by atoms with Gasteiger partial charge in [0.15, 0.2) is 0 Å². The van der Waals surface area contributed by atoms with Crippen LogP contribution in [-0.4, -0.2) is 89.1 Å². The van der Waals surface area contributed by atoms with Crippen molar-refractivity contribution in [1.82, 2.24) is 20.0 Å². The van der Waals surface area contributed by atoms with Crippen molar-refractivity contribution in [2.75, 3.05) is 39.3 Å². The minimum Gasteiger partial charge on any atom is -0.480 e. The first-order chi connectivity index (χ1) is 13.5. The largest absolute Gasteiger partial charge is 0.480 e. The average molecular weight is 395 g/mol. The third-order valence-electron chi connectivity index (χ3n) is 6.53. The highest BCUT2D eigenvalue weighted by atomic mass is 16.4. The molecule has 0 atom stereocenters. The molecule has 8 heteroatoms. The molecular formula is C20H34N4O4. The molecule has 8 nitrogen and oxygen atoms in total. The molecule has 3 fully saturated rings. The number of piperazine rings is 1. The zero-order chi connectivity index (χ0) is 20.1. The van der Waals surface area contributed by atoms with Gasteiger partial charge in [0.1, 0.15) is 0 Å². The van der Waals surface area contributed by atoms with Gasteiger partial charge in [0.2, 0.25) is 5.91 Å². The number of carboxylic acid groups (broad SMARTS) is 1. The lowest BCUT2D eigenvalue weighted by Gasteiger charge is -2.43. The minimum absolute atomic E-state index is 0.0544. The first-order valence-corrected chi connectivity index (χ1v) is 10.8. The van der Waals surface area contributed by atoms with Crippen molar-refractivity contribution in [2.45, 2.75) is 64.0 Å². The SMILES string of the molecule is CCN(CC(=O)O)C1CC(NC(=O)N2CCN(C(=O)C3CCCCC3)CC2)C1. The topological polar surface area (TPSA) is 93.2 Å². The second-order valence-electron chi connectivity index (χ2n) is 8.38. The van der Waals surface area contributed by atoms with E-state index in [4.69, 9.17) is 5.11 Å². The molecule has 0 bridgehead atoms. The fourth-order valence-electron chi connectivity index (χ4n) is 4.68. The summed E-state index contributed by atoms with van der Waals surface area (Å²) in [6.07, 6.45) is 7.18. The van der Waals surface area contributed by atoms with Gasteiger partial charge in [0.05, 0.1) is 6.54 Å². The predicted octanol–water partition coefficient (Wildman–Crippen LogP) is 1.36. The van der Waals surface area contributed by atoms with Crippen LogP contribution >= 0.6 is 0 Å². The van der Waals surface area contributed by atoms with Crippen LogP contribution in [0.3, 0.4) is 0 Å². The Morgan fingerprint density at radius 2 is 1.61 bits per heavy atom. The second-order valence-corrected chi connectivity index (χ2v) is 8.38. The van der Waals surface area contributed by atoms with Crippen LogP contribution in [0.15, 0.2) is 0 Å². The van der Waals surface area contributed by atoms with Gasteiger partial charge in [0.25, 0.3) is 0 Å². The first kappa shape index (κ1) is 20.9. The lowest BCUT2D eigenvalue weighted by molar-refractivity contribution is -0.139. The van der Waals surface area contributed by atoms with Crippen molar-refractivity contribution in [2.24, 2.45) is 5.92 Å². The van der Waals surface area contributed by atoms with Crippen molar-refractivity contribution in [3.8, 4) is 0 Å². The summed E-state index contributed by atoms with van der Waals surface area (Å²) >= 11 is 0. The number of likely N-dealkylation sites (N-methyl/N-ethyl adjacent to an activating group) is 1. The van der Waals surface area contributed by atoms with Crippen LogP contribution in [0.1, 0.15) is 51.9 Å². The number of hydrogen-bond acceptors (Lipinski definition) is 4. The maximum Gasteiger partial charge on any atom is 0.317 e. The molecule has 0 spiro atoms. The molecule has 28 heavy (non-hydrogen) atoms. The highest BCUT2D eigenvalue weighted by molar-refractivity contribution is 5.80. The maximum absolute atomic E-state index is 12.6. The Morgan fingerprint density at radius 1 is 1.00 bits per heavy atom. The fourth-order valence-corrected chi connectivity index (χ4v) is 4.68. The third-order valence-corrected chi connectivity index (χ3v) is 6.53.